The van der Waals surface area contributed by atoms with Crippen LogP contribution in [-0.4, -0.2) is 36.6 Å². The number of rotatable bonds is 13. The number of nitrogens with zero attached hydrogens (tertiary/aromatic N) is 1. The fourth-order valence-corrected chi connectivity index (χ4v) is 2.80. The first-order valence-corrected chi connectivity index (χ1v) is 9.38. The lowest BCUT2D eigenvalue weighted by Gasteiger charge is -2.29. The van der Waals surface area contributed by atoms with E-state index in [1.165, 1.54) is 44.3 Å². The van der Waals surface area contributed by atoms with E-state index in [2.05, 4.69) is 70.2 Å². The first kappa shape index (κ1) is 21.3. The molecule has 0 aliphatic carbocycles. The van der Waals surface area contributed by atoms with E-state index in [0.29, 0.717) is 18.1 Å². The summed E-state index contributed by atoms with van der Waals surface area (Å²) in [6.07, 6.45) is 9.58. The van der Waals surface area contributed by atoms with E-state index in [1.807, 2.05) is 0 Å². The van der Waals surface area contributed by atoms with Crippen LogP contribution in [0.25, 0.3) is 0 Å². The van der Waals surface area contributed by atoms with Gasteiger partial charge in [-0.25, -0.2) is 0 Å². The molecule has 0 bridgehead atoms. The van der Waals surface area contributed by atoms with Crippen molar-refractivity contribution < 1.29 is 0 Å². The minimum absolute atomic E-state index is 0.567. The van der Waals surface area contributed by atoms with Gasteiger partial charge in [-0.1, -0.05) is 33.6 Å². The van der Waals surface area contributed by atoms with Gasteiger partial charge in [0.1, 0.15) is 0 Å². The van der Waals surface area contributed by atoms with Crippen LogP contribution in [0.4, 0.5) is 0 Å². The van der Waals surface area contributed by atoms with Crippen LogP contribution in [0.15, 0.2) is 11.9 Å². The maximum atomic E-state index is 3.75. The third-order valence-corrected chi connectivity index (χ3v) is 4.39. The molecule has 132 valence electrons. The quantitative estimate of drug-likeness (QED) is 0.524. The van der Waals surface area contributed by atoms with Gasteiger partial charge < -0.3 is 15.5 Å². The molecule has 0 rings (SSSR count). The van der Waals surface area contributed by atoms with Gasteiger partial charge in [0.05, 0.1) is 5.82 Å². The molecule has 3 heteroatoms. The Kier molecular flexibility index (Phi) is 12.4. The van der Waals surface area contributed by atoms with Crippen molar-refractivity contribution >= 4 is 0 Å². The molecule has 0 aromatic heterocycles. The lowest BCUT2D eigenvalue weighted by molar-refractivity contribution is 0.320. The molecule has 2 atom stereocenters. The second-order valence-electron chi connectivity index (χ2n) is 6.68. The molecule has 0 heterocycles. The Hall–Kier alpha value is -0.700. The highest BCUT2D eigenvalue weighted by atomic mass is 15.2. The molecule has 0 aliphatic heterocycles. The first-order chi connectivity index (χ1) is 10.5. The van der Waals surface area contributed by atoms with E-state index in [1.54, 1.807) is 0 Å². The van der Waals surface area contributed by atoms with E-state index < -0.39 is 0 Å². The van der Waals surface area contributed by atoms with Gasteiger partial charge in [0.15, 0.2) is 0 Å². The van der Waals surface area contributed by atoms with Gasteiger partial charge in [-0.2, -0.15) is 0 Å². The first-order valence-electron chi connectivity index (χ1n) is 9.38. The van der Waals surface area contributed by atoms with Crippen molar-refractivity contribution in [2.75, 3.05) is 13.6 Å². The smallest absolute Gasteiger partial charge is 0.0968 e. The van der Waals surface area contributed by atoms with Crippen LogP contribution in [0.5, 0.6) is 0 Å². The Balaban J connectivity index is 4.31. The van der Waals surface area contributed by atoms with Crippen LogP contribution in [0.3, 0.4) is 0 Å². The molecule has 0 spiro atoms. The predicted octanol–water partition coefficient (Wildman–Crippen LogP) is 4.50. The monoisotopic (exact) mass is 311 g/mol. The maximum Gasteiger partial charge on any atom is 0.0968 e. The fraction of sp³-hybridized carbons (Fsp3) is 0.895. The summed E-state index contributed by atoms with van der Waals surface area (Å²) >= 11 is 0. The SMILES string of the molecule is C/C=C(\NC(CCC)CCC)N(C)CCC(C)NC(C)CC. The van der Waals surface area contributed by atoms with Crippen molar-refractivity contribution in [2.45, 2.75) is 98.2 Å². The van der Waals surface area contributed by atoms with Crippen molar-refractivity contribution in [3.63, 3.8) is 0 Å². The summed E-state index contributed by atoms with van der Waals surface area (Å²) in [5, 5.41) is 7.40. The standard InChI is InChI=1S/C19H41N3/c1-8-12-18(13-9-2)21-19(11-4)22(7)15-14-17(6)20-16(5)10-3/h11,16-18,20-21H,8-10,12-15H2,1-7H3/b19-11+. The van der Waals surface area contributed by atoms with Crippen LogP contribution in [0, 0.1) is 0 Å². The Morgan fingerprint density at radius 2 is 1.59 bits per heavy atom. The zero-order valence-corrected chi connectivity index (χ0v) is 16.2. The van der Waals surface area contributed by atoms with Gasteiger partial charge in [-0.3, -0.25) is 0 Å². The molecule has 0 aliphatic rings. The van der Waals surface area contributed by atoms with E-state index in [4.69, 9.17) is 0 Å². The van der Waals surface area contributed by atoms with Crippen LogP contribution in [-0.2, 0) is 0 Å². The van der Waals surface area contributed by atoms with Gasteiger partial charge in [0, 0.05) is 31.7 Å². The molecule has 0 radical (unpaired) electrons. The Bertz CT molecular complexity index is 282. The molecule has 2 N–H and O–H groups in total. The van der Waals surface area contributed by atoms with Crippen LogP contribution in [0.1, 0.15) is 80.1 Å². The molecule has 2 unspecified atom stereocenters. The zero-order chi connectivity index (χ0) is 17.0. The van der Waals surface area contributed by atoms with E-state index in [0.717, 1.165) is 6.54 Å². The molecule has 0 amide bonds. The minimum Gasteiger partial charge on any atom is -0.369 e. The molecular weight excluding hydrogens is 270 g/mol. The van der Waals surface area contributed by atoms with Crippen molar-refractivity contribution in [1.82, 2.24) is 15.5 Å². The molecular formula is C19H41N3. The molecule has 0 aromatic carbocycles. The summed E-state index contributed by atoms with van der Waals surface area (Å²) in [5.41, 5.74) is 0. The third kappa shape index (κ3) is 9.34. The van der Waals surface area contributed by atoms with E-state index in [9.17, 15) is 0 Å². The van der Waals surface area contributed by atoms with Crippen molar-refractivity contribution in [3.8, 4) is 0 Å². The lowest BCUT2D eigenvalue weighted by atomic mass is 10.1. The van der Waals surface area contributed by atoms with Crippen molar-refractivity contribution in [2.24, 2.45) is 0 Å². The average molecular weight is 312 g/mol. The highest BCUT2D eigenvalue weighted by Gasteiger charge is 2.12. The summed E-state index contributed by atoms with van der Waals surface area (Å²) < 4.78 is 0. The molecule has 3 nitrogen and oxygen atoms in total. The molecule has 0 fully saturated rings. The summed E-state index contributed by atoms with van der Waals surface area (Å²) in [7, 11) is 2.20. The third-order valence-electron chi connectivity index (χ3n) is 4.39. The zero-order valence-electron chi connectivity index (χ0n) is 16.2. The van der Waals surface area contributed by atoms with Gasteiger partial charge in [0.25, 0.3) is 0 Å². The minimum atomic E-state index is 0.567. The Morgan fingerprint density at radius 3 is 2.05 bits per heavy atom. The summed E-state index contributed by atoms with van der Waals surface area (Å²) in [6.45, 7) is 14.5. The maximum absolute atomic E-state index is 3.75. The summed E-state index contributed by atoms with van der Waals surface area (Å²) in [4.78, 5) is 2.37. The van der Waals surface area contributed by atoms with Gasteiger partial charge in [-0.15, -0.1) is 0 Å². The Labute approximate surface area is 139 Å². The van der Waals surface area contributed by atoms with Crippen LogP contribution < -0.4 is 10.6 Å². The summed E-state index contributed by atoms with van der Waals surface area (Å²) in [5.74, 6) is 1.28. The molecule has 0 saturated heterocycles. The van der Waals surface area contributed by atoms with Gasteiger partial charge in [0.2, 0.25) is 0 Å². The van der Waals surface area contributed by atoms with Crippen LogP contribution in [0.2, 0.25) is 0 Å². The highest BCUT2D eigenvalue weighted by molar-refractivity contribution is 4.98. The second-order valence-corrected chi connectivity index (χ2v) is 6.68. The van der Waals surface area contributed by atoms with Gasteiger partial charge >= 0.3 is 0 Å². The molecule has 0 saturated carbocycles. The number of nitrogens with one attached hydrogen (secondary N) is 2. The fourth-order valence-electron chi connectivity index (χ4n) is 2.80. The Morgan fingerprint density at radius 1 is 1.00 bits per heavy atom. The lowest BCUT2D eigenvalue weighted by Crippen LogP contribution is -2.39. The van der Waals surface area contributed by atoms with E-state index in [-0.39, 0.29) is 0 Å². The van der Waals surface area contributed by atoms with Crippen molar-refractivity contribution in [3.05, 3.63) is 11.9 Å². The second kappa shape index (κ2) is 12.8. The predicted molar refractivity (Wildman–Crippen MR) is 100 cm³/mol. The topological polar surface area (TPSA) is 27.3 Å². The number of hydrogen-bond acceptors (Lipinski definition) is 3. The molecule has 22 heavy (non-hydrogen) atoms. The largest absolute Gasteiger partial charge is 0.369 e. The normalized spacial score (nSPS) is 15.0. The van der Waals surface area contributed by atoms with E-state index >= 15 is 0 Å². The number of allylic oxidation sites excluding steroid dienone is 1. The number of hydrogen-bond donors (Lipinski definition) is 2. The average Bonchev–Trinajstić information content (AvgIpc) is 2.50. The summed E-state index contributed by atoms with van der Waals surface area (Å²) in [6, 6.07) is 1.79. The van der Waals surface area contributed by atoms with Crippen molar-refractivity contribution in [1.29, 1.82) is 0 Å². The van der Waals surface area contributed by atoms with Gasteiger partial charge in [-0.05, 0) is 52.5 Å². The molecule has 0 aromatic rings. The van der Waals surface area contributed by atoms with Crippen LogP contribution >= 0.6 is 0 Å². The highest BCUT2D eigenvalue weighted by Crippen LogP contribution is 2.10.